The van der Waals surface area contributed by atoms with E-state index in [4.69, 9.17) is 209 Å². The first kappa shape index (κ1) is 113. The highest BCUT2D eigenvalue weighted by atomic mass is 32.5. The first-order valence-corrected chi connectivity index (χ1v) is 58.1. The highest BCUT2D eigenvalue weighted by molar-refractivity contribution is 8.08. The zero-order valence-electron chi connectivity index (χ0n) is 79.7. The zero-order valence-corrected chi connectivity index (χ0v) is 88.2. The average Bonchev–Trinajstić information content (AvgIpc) is 1.59. The molecular formula is C77H109N24O37P5S5. The predicted molar refractivity (Wildman–Crippen MR) is 530 cm³/mol. The number of aliphatic hydroxyl groups excluding tert-OH is 1. The van der Waals surface area contributed by atoms with Gasteiger partial charge < -0.3 is 161 Å². The van der Waals surface area contributed by atoms with Gasteiger partial charge >= 0.3 is 45.0 Å². The van der Waals surface area contributed by atoms with Crippen molar-refractivity contribution in [3.8, 4) is 0 Å². The molecule has 814 valence electrons. The summed E-state index contributed by atoms with van der Waals surface area (Å²) >= 11 is 29.2. The smallest absolute Gasteiger partial charge is 0.351 e. The summed E-state index contributed by atoms with van der Waals surface area (Å²) in [5.41, 5.74) is 27.3. The monoisotopic (exact) mass is 2280 g/mol. The molecule has 19 N–H and O–H groups in total. The number of aromatic nitrogens is 19. The summed E-state index contributed by atoms with van der Waals surface area (Å²) in [6, 6.07) is 1.53. The van der Waals surface area contributed by atoms with E-state index in [-0.39, 0.29) is 141 Å². The van der Waals surface area contributed by atoms with E-state index in [1.165, 1.54) is 93.6 Å². The number of anilines is 5. The number of aromatic amines is 3. The number of aryl methyl sites for hydroxylation is 2. The van der Waals surface area contributed by atoms with Gasteiger partial charge in [0.15, 0.2) is 70.6 Å². The third-order valence-electron chi connectivity index (χ3n) is 24.1. The third-order valence-corrected chi connectivity index (χ3v) is 31.9. The number of nitrogens with two attached hydrogens (primary N) is 5. The Morgan fingerprint density at radius 3 is 1.20 bits per heavy atom. The Balaban J connectivity index is 0.693. The van der Waals surface area contributed by atoms with Crippen molar-refractivity contribution in [1.82, 2.24) is 92.2 Å². The SMILES string of the molecule is CC[C@H]1O[C@@H](n2cnc3c(N)ncnc32)CC1OP(O)(=S)OC[C@H]1O[C@@H](n2cnc3c(N)ccnc32)[C@@H](OCCOC)C1OP(O)(=S)OC[C@H]1O[C@@H](n2cnc3c(=O)[nH]c(N)nc32)[C@@H](OCCOC)C1OP(O)(=S)OC[C@H]1O[C@@H](n2cc(C)c(=O)[nH]c2=O)[C@@H](OCCOC)C1OP(O)(=S)OC[C@H]1O[C@@H](n2cnc3c(=O)[nH]c(N)nc32)[C@@H](OCCOC)C1OP(O)(=S)OC[C@H]1O[C@@H](n2cc(C)c(N)nc2=O)[C@@H](OCCOC)C1O. The predicted octanol–water partition coefficient (Wildman–Crippen LogP) is -1.33. The van der Waals surface area contributed by atoms with E-state index in [2.05, 4.69) is 64.8 Å². The summed E-state index contributed by atoms with van der Waals surface area (Å²) < 4.78 is 169. The van der Waals surface area contributed by atoms with Crippen LogP contribution < -0.4 is 56.7 Å². The van der Waals surface area contributed by atoms with Crippen LogP contribution in [0.25, 0.3) is 44.7 Å². The summed E-state index contributed by atoms with van der Waals surface area (Å²) in [5.74, 6) is -0.676. The van der Waals surface area contributed by atoms with Crippen molar-refractivity contribution in [2.24, 2.45) is 0 Å². The Kier molecular flexibility index (Phi) is 37.1. The van der Waals surface area contributed by atoms with E-state index in [0.29, 0.717) is 23.1 Å². The molecule has 61 nitrogen and oxygen atoms in total. The van der Waals surface area contributed by atoms with Crippen LogP contribution in [0.15, 0.2) is 80.3 Å². The van der Waals surface area contributed by atoms with Crippen LogP contribution in [0.4, 0.5) is 29.2 Å². The lowest BCUT2D eigenvalue weighted by Crippen LogP contribution is -2.42. The molecule has 71 heteroatoms. The molecule has 0 saturated carbocycles. The van der Waals surface area contributed by atoms with E-state index in [9.17, 15) is 53.5 Å². The summed E-state index contributed by atoms with van der Waals surface area (Å²) in [7, 11) is 6.91. The maximum atomic E-state index is 14.2. The van der Waals surface area contributed by atoms with Crippen LogP contribution in [0.1, 0.15) is 68.3 Å². The molecule has 16 heterocycles. The molecular weight excluding hydrogens is 2170 g/mol. The lowest BCUT2D eigenvalue weighted by atomic mass is 10.1. The summed E-state index contributed by atoms with van der Waals surface area (Å²) in [6.07, 6.45) is -23.1. The minimum absolute atomic E-state index is 0.0228. The van der Waals surface area contributed by atoms with Crippen molar-refractivity contribution < 1.29 is 151 Å². The fourth-order valence-electron chi connectivity index (χ4n) is 17.2. The third kappa shape index (κ3) is 25.8. The zero-order chi connectivity index (χ0) is 106. The molecule has 0 aliphatic carbocycles. The molecule has 148 heavy (non-hydrogen) atoms. The van der Waals surface area contributed by atoms with Gasteiger partial charge in [0.25, 0.3) is 16.7 Å². The fourth-order valence-corrected chi connectivity index (χ4v) is 24.5. The van der Waals surface area contributed by atoms with Gasteiger partial charge in [-0.1, -0.05) is 6.92 Å². The van der Waals surface area contributed by atoms with Gasteiger partial charge in [0, 0.05) is 71.7 Å². The van der Waals surface area contributed by atoms with Crippen molar-refractivity contribution in [2.45, 2.75) is 175 Å². The van der Waals surface area contributed by atoms with Crippen LogP contribution in [0.2, 0.25) is 0 Å². The van der Waals surface area contributed by atoms with Crippen LogP contribution >= 0.6 is 33.6 Å². The molecule has 28 atom stereocenters. The van der Waals surface area contributed by atoms with Crippen LogP contribution in [0.5, 0.6) is 0 Å². The minimum Gasteiger partial charge on any atom is -0.397 e. The van der Waals surface area contributed by atoms with Crippen LogP contribution in [-0.2, 0) is 180 Å². The molecule has 11 unspecified atom stereocenters. The molecule has 6 fully saturated rings. The quantitative estimate of drug-likeness (QED) is 0.0155. The molecule has 16 rings (SSSR count). The molecule has 0 radical (unpaired) electrons. The number of aliphatic hydroxyl groups is 1. The van der Waals surface area contributed by atoms with Gasteiger partial charge in [-0.2, -0.15) is 15.0 Å². The number of fused-ring (bicyclic) bond motifs is 4. The Morgan fingerprint density at radius 2 is 0.764 bits per heavy atom. The van der Waals surface area contributed by atoms with Crippen molar-refractivity contribution in [2.75, 3.05) is 163 Å². The maximum Gasteiger partial charge on any atom is 0.351 e. The van der Waals surface area contributed by atoms with E-state index >= 15 is 0 Å². The molecule has 6 aliphatic rings. The van der Waals surface area contributed by atoms with E-state index in [0.717, 1.165) is 28.0 Å². The van der Waals surface area contributed by atoms with Gasteiger partial charge in [0.1, 0.15) is 121 Å². The number of methoxy groups -OCH3 is 5. The Bertz CT molecular complexity index is 6920. The molecule has 0 aromatic carbocycles. The Morgan fingerprint density at radius 1 is 0.392 bits per heavy atom. The maximum absolute atomic E-state index is 14.2. The van der Waals surface area contributed by atoms with Gasteiger partial charge in [0.2, 0.25) is 11.9 Å². The van der Waals surface area contributed by atoms with E-state index in [1.807, 2.05) is 6.92 Å². The largest absolute Gasteiger partial charge is 0.397 e. The van der Waals surface area contributed by atoms with Crippen LogP contribution in [-0.4, -0.2) is 360 Å². The Labute approximate surface area is 861 Å². The molecule has 10 aromatic heterocycles. The topological polar surface area (TPSA) is 783 Å². The standard InChI is InChI=1S/C77H109N24O37P5S5/c1-9-38-39(22-45(128-38)98-31-87-47-61(80)84-30-85-63(47)98)134-139(108,144)124-26-42-52(57(120-19-14-115-6)71(131-42)99-32-86-46-37(78)10-11-83-62(46)99)137-143(112,148)127-29-44-54(59(122-21-16-117-8)73(133-44)101-34-89-49-65(101)92-75(82)94-68(49)105)138-142(111,147)125-27-41-51(56(119-18-13-114-5)70(130-41)97-24-36(3)66(103)95-77(97)107)135-141(110,146)126-28-43-53(58(121-20-15-116-7)72(132-43)100-33-88-48-64(100)91-74(81)93-67(48)104)136-140(109,145)123-25-40-50(102)55(118-17-12-113-4)69(129-40)96-23-35(2)60(79)90-76(96)106/h10-11,23-24,30-34,38-45,50-59,69-73,102H,9,12-22,25-29H2,1-8H3,(H2,78,83)(H,108,144)(H,109,145)(H,110,146)(H,111,147)(H,112,148)(H2,79,90,106)(H2,80,84,85)(H,95,103,107)(H3,81,91,93,104)(H3,82,92,94,105)/t38-,39?,40-,41-,42-,43-,44-,45-,50?,51?,52?,53?,54?,55+,56+,57+,58+,59+,69-,70-,71-,72-,73-,139?,140?,141?,142?,143?/m1/s1. The summed E-state index contributed by atoms with van der Waals surface area (Å²) in [5, 5.41) is 11.9. The highest BCUT2D eigenvalue weighted by Crippen LogP contribution is 2.58. The fraction of sp³-hybridized carbons (Fsp3) is 0.623. The van der Waals surface area contributed by atoms with E-state index in [1.54, 1.807) is 11.5 Å². The van der Waals surface area contributed by atoms with Crippen LogP contribution in [0.3, 0.4) is 0 Å². The van der Waals surface area contributed by atoms with Gasteiger partial charge in [-0.3, -0.25) is 74.8 Å². The molecule has 0 amide bonds. The number of ether oxygens (including phenoxy) is 16. The number of imidazole rings is 4. The number of hydrogen-bond acceptors (Lipinski definition) is 52. The Hall–Kier alpha value is -7.60. The van der Waals surface area contributed by atoms with Crippen molar-refractivity contribution in [1.29, 1.82) is 0 Å². The number of H-pyrrole nitrogens is 3. The van der Waals surface area contributed by atoms with Crippen molar-refractivity contribution in [3.63, 3.8) is 0 Å². The lowest BCUT2D eigenvalue weighted by Gasteiger charge is -2.31. The van der Waals surface area contributed by atoms with Crippen LogP contribution in [0, 0.1) is 13.8 Å². The molecule has 0 spiro atoms. The first-order valence-electron chi connectivity index (χ1n) is 45.2. The normalized spacial score (nSPS) is 28.9. The van der Waals surface area contributed by atoms with Crippen molar-refractivity contribution >= 4 is 167 Å². The molecule has 6 saturated heterocycles. The second-order valence-electron chi connectivity index (χ2n) is 33.8. The number of pyridine rings is 1. The van der Waals surface area contributed by atoms with Crippen molar-refractivity contribution in [3.05, 3.63) is 119 Å². The molecule has 10 aromatic rings. The second kappa shape index (κ2) is 48.6. The van der Waals surface area contributed by atoms with Gasteiger partial charge in [0.05, 0.1) is 142 Å². The van der Waals surface area contributed by atoms with Gasteiger partial charge in [-0.15, -0.1) is 0 Å². The average molecular weight is 2280 g/mol. The van der Waals surface area contributed by atoms with Gasteiger partial charge in [-0.05, 0) is 85.4 Å². The van der Waals surface area contributed by atoms with E-state index < -0.39 is 236 Å². The number of nitrogen functional groups attached to an aromatic ring is 5. The lowest BCUT2D eigenvalue weighted by molar-refractivity contribution is -0.0830. The number of nitrogens with one attached hydrogen (secondary N) is 3. The summed E-state index contributed by atoms with van der Waals surface area (Å²) in [4.78, 5) is 181. The highest BCUT2D eigenvalue weighted by Gasteiger charge is 2.58. The molecule has 6 aliphatic heterocycles. The first-order chi connectivity index (χ1) is 70.6. The van der Waals surface area contributed by atoms with Gasteiger partial charge in [-0.25, -0.2) is 44.5 Å². The number of rotatable bonds is 52. The molecule has 0 bridgehead atoms. The second-order valence-corrected chi connectivity index (χ2v) is 47.8. The number of nitrogens with zero attached hydrogens (tertiary/aromatic N) is 16. The minimum atomic E-state index is -5.07. The number of hydrogen-bond donors (Lipinski definition) is 14. The summed E-state index contributed by atoms with van der Waals surface area (Å²) in [6.45, 7) is -25.3.